The highest BCUT2D eigenvalue weighted by Gasteiger charge is 2.04. The van der Waals surface area contributed by atoms with Gasteiger partial charge >= 0.3 is 5.97 Å². The molecule has 21 heavy (non-hydrogen) atoms. The summed E-state index contributed by atoms with van der Waals surface area (Å²) in [5.74, 6) is -0.829. The van der Waals surface area contributed by atoms with Crippen LogP contribution in [0, 0.1) is 0 Å². The van der Waals surface area contributed by atoms with Crippen LogP contribution in [-0.4, -0.2) is 26.0 Å². The zero-order valence-electron chi connectivity index (χ0n) is 10.9. The number of aliphatic carboxylic acids is 1. The van der Waals surface area contributed by atoms with E-state index in [2.05, 4.69) is 15.0 Å². The average Bonchev–Trinajstić information content (AvgIpc) is 2.49. The number of pyridine rings is 1. The van der Waals surface area contributed by atoms with Crippen molar-refractivity contribution in [3.8, 4) is 0 Å². The predicted octanol–water partition coefficient (Wildman–Crippen LogP) is 2.80. The van der Waals surface area contributed by atoms with Gasteiger partial charge in [-0.15, -0.1) is 0 Å². The van der Waals surface area contributed by atoms with Crippen LogP contribution in [0.5, 0.6) is 0 Å². The molecule has 3 rings (SSSR count). The van der Waals surface area contributed by atoms with E-state index < -0.39 is 5.97 Å². The van der Waals surface area contributed by atoms with E-state index in [0.717, 1.165) is 21.0 Å². The highest BCUT2D eigenvalue weighted by molar-refractivity contribution is 7.99. The van der Waals surface area contributed by atoms with Crippen LogP contribution in [0.25, 0.3) is 11.2 Å². The van der Waals surface area contributed by atoms with Crippen molar-refractivity contribution in [2.45, 2.75) is 16.3 Å². The Balaban J connectivity index is 1.79. The summed E-state index contributed by atoms with van der Waals surface area (Å²) in [6.07, 6.45) is 3.29. The molecule has 0 bridgehead atoms. The average molecular weight is 297 g/mol. The standard InChI is InChI=1S/C15H11N3O2S/c19-14(20)9-10-1-3-11(4-2-10)21-13-6-5-12-15(18-13)17-8-7-16-12/h1-8H,9H2,(H,19,20). The first-order chi connectivity index (χ1) is 10.2. The molecule has 0 spiro atoms. The maximum atomic E-state index is 10.6. The minimum atomic E-state index is -0.829. The number of hydrogen-bond donors (Lipinski definition) is 1. The Morgan fingerprint density at radius 3 is 2.57 bits per heavy atom. The number of carboxylic acids is 1. The molecule has 3 aromatic rings. The van der Waals surface area contributed by atoms with E-state index in [0.29, 0.717) is 5.65 Å². The first-order valence-electron chi connectivity index (χ1n) is 6.27. The normalized spacial score (nSPS) is 10.7. The van der Waals surface area contributed by atoms with Gasteiger partial charge in [0.15, 0.2) is 5.65 Å². The fourth-order valence-corrected chi connectivity index (χ4v) is 2.65. The third-order valence-electron chi connectivity index (χ3n) is 2.81. The second-order valence-electron chi connectivity index (χ2n) is 4.37. The quantitative estimate of drug-likeness (QED) is 0.798. The molecule has 2 heterocycles. The van der Waals surface area contributed by atoms with Gasteiger partial charge in [0, 0.05) is 17.3 Å². The van der Waals surface area contributed by atoms with Gasteiger partial charge in [-0.25, -0.2) is 9.97 Å². The van der Waals surface area contributed by atoms with Crippen molar-refractivity contribution in [3.63, 3.8) is 0 Å². The lowest BCUT2D eigenvalue weighted by atomic mass is 10.2. The van der Waals surface area contributed by atoms with E-state index in [1.807, 2.05) is 36.4 Å². The Bertz CT molecular complexity index is 790. The predicted molar refractivity (Wildman–Crippen MR) is 79.2 cm³/mol. The Hall–Kier alpha value is -2.47. The van der Waals surface area contributed by atoms with Crippen LogP contribution in [0.1, 0.15) is 5.56 Å². The van der Waals surface area contributed by atoms with Crippen molar-refractivity contribution in [2.24, 2.45) is 0 Å². The third kappa shape index (κ3) is 3.35. The second-order valence-corrected chi connectivity index (χ2v) is 5.46. The molecule has 0 saturated heterocycles. The van der Waals surface area contributed by atoms with Crippen LogP contribution < -0.4 is 0 Å². The van der Waals surface area contributed by atoms with Crippen LogP contribution in [0.3, 0.4) is 0 Å². The Labute approximate surface area is 125 Å². The molecule has 0 unspecified atom stereocenters. The molecule has 0 radical (unpaired) electrons. The van der Waals surface area contributed by atoms with Gasteiger partial charge in [-0.3, -0.25) is 9.78 Å². The summed E-state index contributed by atoms with van der Waals surface area (Å²) in [7, 11) is 0. The van der Waals surface area contributed by atoms with E-state index in [-0.39, 0.29) is 6.42 Å². The zero-order valence-corrected chi connectivity index (χ0v) is 11.7. The first-order valence-corrected chi connectivity index (χ1v) is 7.09. The van der Waals surface area contributed by atoms with Crippen molar-refractivity contribution >= 4 is 28.9 Å². The van der Waals surface area contributed by atoms with Gasteiger partial charge in [-0.05, 0) is 29.8 Å². The number of rotatable bonds is 4. The highest BCUT2D eigenvalue weighted by atomic mass is 32.2. The fraction of sp³-hybridized carbons (Fsp3) is 0.0667. The summed E-state index contributed by atoms with van der Waals surface area (Å²) in [4.78, 5) is 24.4. The largest absolute Gasteiger partial charge is 0.481 e. The molecule has 104 valence electrons. The first kappa shape index (κ1) is 13.5. The summed E-state index contributed by atoms with van der Waals surface area (Å²) in [5, 5.41) is 9.57. The summed E-state index contributed by atoms with van der Waals surface area (Å²) in [6.45, 7) is 0. The Morgan fingerprint density at radius 2 is 1.81 bits per heavy atom. The molecule has 6 heteroatoms. The summed E-state index contributed by atoms with van der Waals surface area (Å²) >= 11 is 1.50. The second kappa shape index (κ2) is 5.88. The third-order valence-corrected chi connectivity index (χ3v) is 3.75. The van der Waals surface area contributed by atoms with Crippen molar-refractivity contribution in [1.82, 2.24) is 15.0 Å². The zero-order chi connectivity index (χ0) is 14.7. The van der Waals surface area contributed by atoms with Gasteiger partial charge in [0.2, 0.25) is 0 Å². The van der Waals surface area contributed by atoms with Crippen molar-refractivity contribution in [2.75, 3.05) is 0 Å². The molecule has 0 amide bonds. The van der Waals surface area contributed by atoms with E-state index in [4.69, 9.17) is 5.11 Å². The molecule has 0 aliphatic rings. The number of aromatic nitrogens is 3. The van der Waals surface area contributed by atoms with Gasteiger partial charge in [0.25, 0.3) is 0 Å². The molecule has 0 atom stereocenters. The number of carbonyl (C=O) groups is 1. The molecule has 1 aromatic carbocycles. The number of benzene rings is 1. The summed E-state index contributed by atoms with van der Waals surface area (Å²) in [5.41, 5.74) is 2.16. The van der Waals surface area contributed by atoms with Gasteiger partial charge < -0.3 is 5.11 Å². The van der Waals surface area contributed by atoms with Crippen LogP contribution in [-0.2, 0) is 11.2 Å². The van der Waals surface area contributed by atoms with Crippen LogP contribution in [0.2, 0.25) is 0 Å². The molecule has 0 aliphatic heterocycles. The van der Waals surface area contributed by atoms with Crippen molar-refractivity contribution < 1.29 is 9.90 Å². The molecule has 0 fully saturated rings. The number of fused-ring (bicyclic) bond motifs is 1. The Morgan fingerprint density at radius 1 is 1.05 bits per heavy atom. The molecule has 0 saturated carbocycles. The molecule has 1 N–H and O–H groups in total. The maximum Gasteiger partial charge on any atom is 0.307 e. The smallest absolute Gasteiger partial charge is 0.307 e. The SMILES string of the molecule is O=C(O)Cc1ccc(Sc2ccc3nccnc3n2)cc1. The molecule has 0 aliphatic carbocycles. The number of hydrogen-bond acceptors (Lipinski definition) is 5. The van der Waals surface area contributed by atoms with Crippen LogP contribution in [0.15, 0.2) is 58.7 Å². The molecule has 5 nitrogen and oxygen atoms in total. The Kier molecular flexibility index (Phi) is 3.79. The lowest BCUT2D eigenvalue weighted by Gasteiger charge is -2.03. The van der Waals surface area contributed by atoms with Gasteiger partial charge in [-0.1, -0.05) is 23.9 Å². The van der Waals surface area contributed by atoms with Gasteiger partial charge in [-0.2, -0.15) is 0 Å². The molecular weight excluding hydrogens is 286 g/mol. The summed E-state index contributed by atoms with van der Waals surface area (Å²) in [6, 6.07) is 11.2. The van der Waals surface area contributed by atoms with Crippen LogP contribution >= 0.6 is 11.8 Å². The monoisotopic (exact) mass is 297 g/mol. The minimum absolute atomic E-state index is 0.0365. The van der Waals surface area contributed by atoms with Crippen molar-refractivity contribution in [1.29, 1.82) is 0 Å². The van der Waals surface area contributed by atoms with E-state index >= 15 is 0 Å². The topological polar surface area (TPSA) is 76.0 Å². The molecular formula is C15H11N3O2S. The van der Waals surface area contributed by atoms with E-state index in [1.54, 1.807) is 12.4 Å². The highest BCUT2D eigenvalue weighted by Crippen LogP contribution is 2.27. The summed E-state index contributed by atoms with van der Waals surface area (Å²) < 4.78 is 0. The lowest BCUT2D eigenvalue weighted by molar-refractivity contribution is -0.136. The van der Waals surface area contributed by atoms with Gasteiger partial charge in [0.1, 0.15) is 10.5 Å². The van der Waals surface area contributed by atoms with Gasteiger partial charge in [0.05, 0.1) is 6.42 Å². The maximum absolute atomic E-state index is 10.6. The fourth-order valence-electron chi connectivity index (χ4n) is 1.86. The van der Waals surface area contributed by atoms with Crippen LogP contribution in [0.4, 0.5) is 0 Å². The lowest BCUT2D eigenvalue weighted by Crippen LogP contribution is -1.99. The number of nitrogens with zero attached hydrogens (tertiary/aromatic N) is 3. The minimum Gasteiger partial charge on any atom is -0.481 e. The molecule has 2 aromatic heterocycles. The van der Waals surface area contributed by atoms with Crippen molar-refractivity contribution in [3.05, 3.63) is 54.4 Å². The number of carboxylic acid groups (broad SMARTS) is 1. The van der Waals surface area contributed by atoms with E-state index in [1.165, 1.54) is 11.8 Å². The van der Waals surface area contributed by atoms with E-state index in [9.17, 15) is 4.79 Å².